The van der Waals surface area contributed by atoms with Crippen LogP contribution in [0, 0.1) is 6.92 Å². The molecule has 1 saturated heterocycles. The number of aromatic nitrogens is 2. The fraction of sp³-hybridized carbons (Fsp3) is 0.100. The van der Waals surface area contributed by atoms with E-state index in [-0.39, 0.29) is 11.3 Å². The number of hydrogen-bond donors (Lipinski definition) is 1. The second-order valence-electron chi connectivity index (χ2n) is 6.33. The molecule has 0 saturated carbocycles. The van der Waals surface area contributed by atoms with Gasteiger partial charge < -0.3 is 5.11 Å². The molecule has 0 spiro atoms. The lowest BCUT2D eigenvalue weighted by molar-refractivity contribution is -0.132. The van der Waals surface area contributed by atoms with Gasteiger partial charge in [0.15, 0.2) is 0 Å². The largest absolute Gasteiger partial charge is 0.507 e. The monoisotopic (exact) mass is 489 g/mol. The number of aliphatic hydroxyl groups excluding tert-OH is 1. The smallest absolute Gasteiger partial charge is 0.301 e. The topological polar surface area (TPSA) is 83.4 Å². The number of Topliss-reactive ketones (excluding diaryl/α,β-unsaturated/α-hetero) is 1. The molecule has 2 heterocycles. The molecule has 29 heavy (non-hydrogen) atoms. The Morgan fingerprint density at radius 1 is 1.10 bits per heavy atom. The molecule has 4 rings (SSSR count). The Morgan fingerprint density at radius 3 is 2.34 bits per heavy atom. The minimum atomic E-state index is -0.828. The van der Waals surface area contributed by atoms with Crippen molar-refractivity contribution in [3.8, 4) is 0 Å². The van der Waals surface area contributed by atoms with E-state index >= 15 is 0 Å². The first kappa shape index (κ1) is 19.8. The van der Waals surface area contributed by atoms with Crippen molar-refractivity contribution in [1.82, 2.24) is 10.2 Å². The van der Waals surface area contributed by atoms with Gasteiger partial charge >= 0.3 is 5.91 Å². The van der Waals surface area contributed by atoms with E-state index in [0.29, 0.717) is 26.3 Å². The molecule has 1 fully saturated rings. The zero-order valence-electron chi connectivity index (χ0n) is 15.0. The van der Waals surface area contributed by atoms with Crippen LogP contribution in [0.2, 0.25) is 5.02 Å². The van der Waals surface area contributed by atoms with Crippen molar-refractivity contribution in [3.63, 3.8) is 0 Å². The molecular formula is C20H13BrClN3O3S. The Balaban J connectivity index is 1.93. The highest BCUT2D eigenvalue weighted by Gasteiger charge is 2.48. The van der Waals surface area contributed by atoms with E-state index < -0.39 is 17.7 Å². The van der Waals surface area contributed by atoms with Gasteiger partial charge in [-0.2, -0.15) is 0 Å². The van der Waals surface area contributed by atoms with E-state index in [1.807, 2.05) is 12.1 Å². The third-order valence-corrected chi connectivity index (χ3v) is 6.09. The van der Waals surface area contributed by atoms with Crippen LogP contribution in [0.1, 0.15) is 22.2 Å². The van der Waals surface area contributed by atoms with E-state index in [1.165, 1.54) is 16.2 Å². The van der Waals surface area contributed by atoms with Crippen LogP contribution in [-0.2, 0) is 9.59 Å². The zero-order valence-corrected chi connectivity index (χ0v) is 18.1. The molecule has 1 aliphatic heterocycles. The van der Waals surface area contributed by atoms with Gasteiger partial charge in [-0.25, -0.2) is 0 Å². The Morgan fingerprint density at radius 2 is 1.76 bits per heavy atom. The molecule has 1 aromatic heterocycles. The number of anilines is 1. The van der Waals surface area contributed by atoms with E-state index in [0.717, 1.165) is 4.47 Å². The average Bonchev–Trinajstić information content (AvgIpc) is 3.24. The number of aliphatic hydroxyl groups is 1. The minimum Gasteiger partial charge on any atom is -0.507 e. The van der Waals surface area contributed by atoms with E-state index in [9.17, 15) is 14.7 Å². The summed E-state index contributed by atoms with van der Waals surface area (Å²) < 4.78 is 0.850. The number of nitrogens with zero attached hydrogens (tertiary/aromatic N) is 3. The molecule has 6 nitrogen and oxygen atoms in total. The summed E-state index contributed by atoms with van der Waals surface area (Å²) in [6.07, 6.45) is 0. The number of hydrogen-bond acceptors (Lipinski definition) is 6. The van der Waals surface area contributed by atoms with Gasteiger partial charge in [-0.15, -0.1) is 10.2 Å². The summed E-state index contributed by atoms with van der Waals surface area (Å²) >= 11 is 10.5. The van der Waals surface area contributed by atoms with Gasteiger partial charge in [0, 0.05) is 15.1 Å². The lowest BCUT2D eigenvalue weighted by atomic mass is 9.95. The highest BCUT2D eigenvalue weighted by molar-refractivity contribution is 9.10. The molecule has 146 valence electrons. The van der Waals surface area contributed by atoms with E-state index in [2.05, 4.69) is 26.1 Å². The fourth-order valence-electron chi connectivity index (χ4n) is 3.14. The van der Waals surface area contributed by atoms with E-state index in [4.69, 9.17) is 11.6 Å². The molecule has 1 amide bonds. The third kappa shape index (κ3) is 3.59. The van der Waals surface area contributed by atoms with Crippen molar-refractivity contribution in [2.24, 2.45) is 0 Å². The first-order valence-corrected chi connectivity index (χ1v) is 10.5. The van der Waals surface area contributed by atoms with Crippen LogP contribution in [-0.4, -0.2) is 27.0 Å². The Hall–Kier alpha value is -2.55. The number of benzene rings is 2. The summed E-state index contributed by atoms with van der Waals surface area (Å²) in [6.45, 7) is 1.76. The summed E-state index contributed by atoms with van der Waals surface area (Å²) in [7, 11) is 0. The highest BCUT2D eigenvalue weighted by Crippen LogP contribution is 2.43. The standard InChI is InChI=1S/C20H13BrClN3O3S/c1-10-23-24-20(29-10)25-16(11-2-6-13(21)7-3-11)15(18(27)19(25)28)17(26)12-4-8-14(22)9-5-12/h2-9,16,26H,1H3. The van der Waals surface area contributed by atoms with Crippen molar-refractivity contribution in [2.45, 2.75) is 13.0 Å². The summed E-state index contributed by atoms with van der Waals surface area (Å²) in [4.78, 5) is 27.1. The zero-order chi connectivity index (χ0) is 20.7. The Labute approximate surface area is 183 Å². The number of carbonyl (C=O) groups excluding carboxylic acids is 2. The lowest BCUT2D eigenvalue weighted by Crippen LogP contribution is -2.29. The molecule has 1 atom stereocenters. The van der Waals surface area contributed by atoms with Gasteiger partial charge in [-0.1, -0.05) is 51.0 Å². The highest BCUT2D eigenvalue weighted by atomic mass is 79.9. The lowest BCUT2D eigenvalue weighted by Gasteiger charge is -2.22. The molecule has 3 aromatic rings. The predicted molar refractivity (Wildman–Crippen MR) is 115 cm³/mol. The molecule has 2 aromatic carbocycles. The maximum atomic E-state index is 12.9. The molecule has 0 aliphatic carbocycles. The van der Waals surface area contributed by atoms with Gasteiger partial charge in [0.05, 0.1) is 11.6 Å². The maximum Gasteiger partial charge on any atom is 0.301 e. The molecule has 0 radical (unpaired) electrons. The third-order valence-electron chi connectivity index (χ3n) is 4.47. The number of ketones is 1. The van der Waals surface area contributed by atoms with Gasteiger partial charge in [0.2, 0.25) is 5.13 Å². The summed E-state index contributed by atoms with van der Waals surface area (Å²) in [5, 5.41) is 20.4. The number of carbonyl (C=O) groups is 2. The summed E-state index contributed by atoms with van der Waals surface area (Å²) in [5.41, 5.74) is 1.05. The molecule has 1 aliphatic rings. The van der Waals surface area contributed by atoms with Crippen LogP contribution < -0.4 is 4.90 Å². The first-order valence-electron chi connectivity index (χ1n) is 8.49. The molecule has 1 unspecified atom stereocenters. The van der Waals surface area contributed by atoms with Gasteiger partial charge in [-0.3, -0.25) is 14.5 Å². The SMILES string of the molecule is Cc1nnc(N2C(=O)C(=O)C(=C(O)c3ccc(Cl)cc3)C2c2ccc(Br)cc2)s1. The van der Waals surface area contributed by atoms with Crippen molar-refractivity contribution in [1.29, 1.82) is 0 Å². The number of amides is 1. The molecule has 1 N–H and O–H groups in total. The number of halogens is 2. The van der Waals surface area contributed by atoms with Crippen LogP contribution >= 0.6 is 38.9 Å². The fourth-order valence-corrected chi connectivity index (χ4v) is 4.24. The van der Waals surface area contributed by atoms with Crippen molar-refractivity contribution in [3.05, 3.63) is 79.7 Å². The first-order chi connectivity index (χ1) is 13.9. The van der Waals surface area contributed by atoms with Crippen LogP contribution in [0.25, 0.3) is 5.76 Å². The van der Waals surface area contributed by atoms with E-state index in [1.54, 1.807) is 43.3 Å². The van der Waals surface area contributed by atoms with Gasteiger partial charge in [0.1, 0.15) is 10.8 Å². The normalized spacial score (nSPS) is 18.4. The summed E-state index contributed by atoms with van der Waals surface area (Å²) in [5.74, 6) is -1.81. The van der Waals surface area contributed by atoms with Crippen molar-refractivity contribution in [2.75, 3.05) is 4.90 Å². The second kappa shape index (κ2) is 7.70. The number of aryl methyl sites for hydroxylation is 1. The van der Waals surface area contributed by atoms with Crippen LogP contribution in [0.4, 0.5) is 5.13 Å². The molecule has 0 bridgehead atoms. The average molecular weight is 491 g/mol. The van der Waals surface area contributed by atoms with Crippen molar-refractivity contribution < 1.29 is 14.7 Å². The molecular weight excluding hydrogens is 478 g/mol. The van der Waals surface area contributed by atoms with Gasteiger partial charge in [0.25, 0.3) is 5.78 Å². The Bertz CT molecular complexity index is 1140. The van der Waals surface area contributed by atoms with Crippen LogP contribution in [0.5, 0.6) is 0 Å². The van der Waals surface area contributed by atoms with Gasteiger partial charge in [-0.05, 0) is 48.9 Å². The predicted octanol–water partition coefficient (Wildman–Crippen LogP) is 4.89. The number of rotatable bonds is 3. The minimum absolute atomic E-state index is 0.00695. The van der Waals surface area contributed by atoms with Crippen molar-refractivity contribution >= 4 is 61.4 Å². The maximum absolute atomic E-state index is 12.9. The second-order valence-corrected chi connectivity index (χ2v) is 8.84. The van der Waals surface area contributed by atoms with Crippen LogP contribution in [0.3, 0.4) is 0 Å². The van der Waals surface area contributed by atoms with Crippen LogP contribution in [0.15, 0.2) is 58.6 Å². The summed E-state index contributed by atoms with van der Waals surface area (Å²) in [6, 6.07) is 12.8. The quantitative estimate of drug-likeness (QED) is 0.321. The Kier molecular flexibility index (Phi) is 5.24. The molecule has 9 heteroatoms.